The molecule has 1 aromatic heterocycles. The Kier molecular flexibility index (Phi) is 7.19. The van der Waals surface area contributed by atoms with Gasteiger partial charge in [0.15, 0.2) is 0 Å². The van der Waals surface area contributed by atoms with Crippen LogP contribution < -0.4 is 20.8 Å². The van der Waals surface area contributed by atoms with Crippen LogP contribution in [-0.4, -0.2) is 70.2 Å². The van der Waals surface area contributed by atoms with E-state index in [4.69, 9.17) is 4.74 Å². The Morgan fingerprint density at radius 1 is 1.13 bits per heavy atom. The van der Waals surface area contributed by atoms with Crippen molar-refractivity contribution in [1.29, 1.82) is 0 Å². The summed E-state index contributed by atoms with van der Waals surface area (Å²) < 4.78 is 6.69. The number of imide groups is 1. The first kappa shape index (κ1) is 25.9. The average molecular weight is 526 g/mol. The van der Waals surface area contributed by atoms with Crippen molar-refractivity contribution in [3.05, 3.63) is 63.2 Å². The molecule has 4 heterocycles. The van der Waals surface area contributed by atoms with E-state index in [1.807, 2.05) is 24.3 Å². The zero-order valence-corrected chi connectivity index (χ0v) is 21.1. The van der Waals surface area contributed by atoms with E-state index >= 15 is 0 Å². The normalized spacial score (nSPS) is 23.2. The number of benzene rings is 1. The van der Waals surface area contributed by atoms with Crippen molar-refractivity contribution in [2.75, 3.05) is 26.7 Å². The van der Waals surface area contributed by atoms with Gasteiger partial charge >= 0.3 is 11.6 Å². The summed E-state index contributed by atoms with van der Waals surface area (Å²) in [5.74, 6) is 0.304. The number of aromatic nitrogens is 1. The van der Waals surface area contributed by atoms with Crippen molar-refractivity contribution < 1.29 is 29.6 Å². The minimum Gasteiger partial charge on any atom is -0.595 e. The van der Waals surface area contributed by atoms with Crippen LogP contribution in [0.15, 0.2) is 41.2 Å². The third-order valence-corrected chi connectivity index (χ3v) is 7.72. The molecule has 0 radical (unpaired) electrons. The lowest BCUT2D eigenvalue weighted by Crippen LogP contribution is -3.00. The zero-order chi connectivity index (χ0) is 27.0. The fourth-order valence-corrected chi connectivity index (χ4v) is 5.76. The predicted octanol–water partition coefficient (Wildman–Crippen LogP) is 0.149. The molecule has 202 valence electrons. The third-order valence-electron chi connectivity index (χ3n) is 7.72. The Morgan fingerprint density at radius 3 is 2.61 bits per heavy atom. The molecule has 12 nitrogen and oxygen atoms in total. The van der Waals surface area contributed by atoms with Gasteiger partial charge in [-0.05, 0) is 48.9 Å². The Balaban J connectivity index is 1.16. The highest BCUT2D eigenvalue weighted by atomic mass is 16.8. The fraction of sp³-hybridized carbons (Fsp3) is 0.462. The first-order chi connectivity index (χ1) is 18.2. The number of ether oxygens (including phenoxy) is 1. The summed E-state index contributed by atoms with van der Waals surface area (Å²) in [5, 5.41) is 22.1. The molecule has 1 aromatic carbocycles. The molecule has 12 heteroatoms. The number of nitrogens with zero attached hydrogens (tertiary/aromatic N) is 3. The minimum atomic E-state index is -1.24. The second kappa shape index (κ2) is 10.6. The molecule has 3 aliphatic rings. The van der Waals surface area contributed by atoms with Crippen LogP contribution in [0, 0.1) is 11.1 Å². The lowest BCUT2D eigenvalue weighted by molar-refractivity contribution is -0.992. The van der Waals surface area contributed by atoms with E-state index in [2.05, 4.69) is 5.32 Å². The molecule has 3 N–H and O–H groups in total. The number of methoxy groups -OCH3 is 1. The predicted molar refractivity (Wildman–Crippen MR) is 134 cm³/mol. The summed E-state index contributed by atoms with van der Waals surface area (Å²) in [7, 11) is 1.59. The average Bonchev–Trinajstić information content (AvgIpc) is 3.18. The van der Waals surface area contributed by atoms with E-state index < -0.39 is 22.9 Å². The van der Waals surface area contributed by atoms with Gasteiger partial charge < -0.3 is 24.7 Å². The number of hydrogen-bond acceptors (Lipinski definition) is 7. The first-order valence-electron chi connectivity index (χ1n) is 12.7. The molecule has 0 spiro atoms. The Hall–Kier alpha value is -3.74. The molecular weight excluding hydrogens is 494 g/mol. The topological polar surface area (TPSA) is 149 Å². The molecule has 38 heavy (non-hydrogen) atoms. The monoisotopic (exact) mass is 525 g/mol. The van der Waals surface area contributed by atoms with Crippen molar-refractivity contribution >= 4 is 23.5 Å². The van der Waals surface area contributed by atoms with Crippen LogP contribution in [-0.2, 0) is 22.6 Å². The van der Waals surface area contributed by atoms with Gasteiger partial charge in [-0.1, -0.05) is 12.1 Å². The number of amides is 4. The van der Waals surface area contributed by atoms with Crippen molar-refractivity contribution in [2.24, 2.45) is 5.92 Å². The molecule has 2 bridgehead atoms. The molecule has 2 saturated heterocycles. The van der Waals surface area contributed by atoms with Crippen molar-refractivity contribution in [1.82, 2.24) is 19.7 Å². The second-order valence-electron chi connectivity index (χ2n) is 10.1. The number of rotatable bonds is 8. The molecule has 4 amide bonds. The maximum absolute atomic E-state index is 13.1. The van der Waals surface area contributed by atoms with Crippen LogP contribution in [0.4, 0.5) is 10.5 Å². The van der Waals surface area contributed by atoms with Gasteiger partial charge in [0.05, 0.1) is 7.11 Å². The van der Waals surface area contributed by atoms with Crippen molar-refractivity contribution in [3.63, 3.8) is 0 Å². The highest BCUT2D eigenvalue weighted by molar-refractivity contribution is 6.04. The zero-order valence-electron chi connectivity index (χ0n) is 21.1. The summed E-state index contributed by atoms with van der Waals surface area (Å²) in [6, 6.07) is 9.27. The van der Waals surface area contributed by atoms with Crippen LogP contribution in [0.2, 0.25) is 0 Å². The number of fused-ring (bicyclic) bond motifs is 4. The summed E-state index contributed by atoms with van der Waals surface area (Å²) >= 11 is 0. The van der Waals surface area contributed by atoms with Crippen LogP contribution in [0.25, 0.3) is 0 Å². The third kappa shape index (κ3) is 5.02. The molecular formula is C26H31N5O7. The molecule has 5 rings (SSSR count). The smallest absolute Gasteiger partial charge is 0.324 e. The molecule has 0 aliphatic carbocycles. The van der Waals surface area contributed by atoms with Crippen LogP contribution in [0.3, 0.4) is 0 Å². The second-order valence-corrected chi connectivity index (χ2v) is 10.1. The van der Waals surface area contributed by atoms with E-state index in [1.165, 1.54) is 15.5 Å². The number of likely N-dealkylation sites (tertiary alicyclic amines) is 1. The van der Waals surface area contributed by atoms with Crippen molar-refractivity contribution in [2.45, 2.75) is 44.2 Å². The van der Waals surface area contributed by atoms with Gasteiger partial charge in [0.25, 0.3) is 5.91 Å². The van der Waals surface area contributed by atoms with Gasteiger partial charge in [-0.2, -0.15) is 5.23 Å². The molecule has 3 aliphatic heterocycles. The summed E-state index contributed by atoms with van der Waals surface area (Å²) in [6.45, 7) is 1.52. The Morgan fingerprint density at radius 2 is 1.89 bits per heavy atom. The number of pyridine rings is 1. The van der Waals surface area contributed by atoms with Gasteiger partial charge in [0, 0.05) is 50.3 Å². The van der Waals surface area contributed by atoms with Crippen molar-refractivity contribution in [3.8, 4) is 5.75 Å². The summed E-state index contributed by atoms with van der Waals surface area (Å²) in [5.41, 5.74) is 0.975. The Labute approximate surface area is 218 Å². The number of hydrogen-bond donors (Lipinski definition) is 3. The van der Waals surface area contributed by atoms with Gasteiger partial charge in [-0.3, -0.25) is 19.3 Å². The number of piperidine rings is 1. The number of urea groups is 1. The molecule has 2 aromatic rings. The molecule has 1 unspecified atom stereocenters. The Bertz CT molecular complexity index is 1290. The molecule has 0 saturated carbocycles. The van der Waals surface area contributed by atoms with E-state index in [9.17, 15) is 29.6 Å². The summed E-state index contributed by atoms with van der Waals surface area (Å²) in [6.07, 6.45) is 1.68. The first-order valence-corrected chi connectivity index (χ1v) is 12.7. The highest BCUT2D eigenvalue weighted by Gasteiger charge is 2.40. The fourth-order valence-electron chi connectivity index (χ4n) is 5.76. The lowest BCUT2D eigenvalue weighted by Gasteiger charge is -2.43. The minimum absolute atomic E-state index is 0.0493. The summed E-state index contributed by atoms with van der Waals surface area (Å²) in [4.78, 5) is 53.9. The van der Waals surface area contributed by atoms with Crippen LogP contribution >= 0.6 is 0 Å². The largest absolute Gasteiger partial charge is 0.595 e. The number of nitrogens with one attached hydrogen (secondary N) is 2. The number of quaternary nitrogens is 1. The lowest BCUT2D eigenvalue weighted by atomic mass is 9.83. The molecule has 4 atom stereocenters. The van der Waals surface area contributed by atoms with Crippen LogP contribution in [0.1, 0.15) is 36.4 Å². The van der Waals surface area contributed by atoms with Gasteiger partial charge in [-0.25, -0.2) is 10.0 Å². The van der Waals surface area contributed by atoms with E-state index in [-0.39, 0.29) is 48.7 Å². The maximum Gasteiger partial charge on any atom is 0.324 e. The number of carbonyl (C=O) groups is 3. The number of carbonyl (C=O) groups excluding carboxylic acids is 3. The highest BCUT2D eigenvalue weighted by Crippen LogP contribution is 2.35. The quantitative estimate of drug-likeness (QED) is 0.328. The molecule has 2 fully saturated rings. The van der Waals surface area contributed by atoms with E-state index in [0.29, 0.717) is 26.1 Å². The maximum atomic E-state index is 13.1. The van der Waals surface area contributed by atoms with E-state index in [1.54, 1.807) is 18.1 Å². The SMILES string of the molecule is COc1ccc(CCN2C(=O)N[C@@H](CCC(=O)N3C[C@H]4C[C@@H](C3)c3ccc([NH+]([O-])O)c(=O)n3C4)C2=O)cc1. The van der Waals surface area contributed by atoms with Gasteiger partial charge in [0.1, 0.15) is 11.8 Å². The van der Waals surface area contributed by atoms with Gasteiger partial charge in [-0.15, -0.1) is 0 Å². The van der Waals surface area contributed by atoms with Crippen LogP contribution in [0.5, 0.6) is 5.75 Å². The van der Waals surface area contributed by atoms with E-state index in [0.717, 1.165) is 23.4 Å². The standard InChI is InChI=1S/C26H31N5O7/c1-38-19-4-2-16(3-5-19)10-11-29-24(33)20(27-26(29)35)6-9-23(32)28-13-17-12-18(15-28)21-7-8-22(31(36)37)25(34)30(21)14-17/h2-5,7-8,17-18,20,31,36H,6,9-15H2,1H3,(H,27,35)/t17-,18+,20+/m1/s1. The van der Waals surface area contributed by atoms with Gasteiger partial charge in [0.2, 0.25) is 11.6 Å².